The monoisotopic (exact) mass is 163 g/mol. The van der Waals surface area contributed by atoms with Crippen molar-refractivity contribution in [2.45, 2.75) is 6.54 Å². The van der Waals surface area contributed by atoms with Gasteiger partial charge < -0.3 is 10.1 Å². The van der Waals surface area contributed by atoms with Crippen LogP contribution in [0.5, 0.6) is 5.88 Å². The summed E-state index contributed by atoms with van der Waals surface area (Å²) < 4.78 is 4.91. The molecule has 0 unspecified atom stereocenters. The van der Waals surface area contributed by atoms with E-state index in [0.29, 0.717) is 12.4 Å². The minimum Gasteiger partial charge on any atom is -0.481 e. The second-order valence-electron chi connectivity index (χ2n) is 2.17. The van der Waals surface area contributed by atoms with Crippen molar-refractivity contribution in [2.24, 2.45) is 0 Å². The molecule has 4 nitrogen and oxygen atoms in total. The molecule has 0 fully saturated rings. The molecule has 4 heteroatoms. The van der Waals surface area contributed by atoms with Crippen LogP contribution in [0.25, 0.3) is 0 Å². The molecule has 1 N–H and O–H groups in total. The van der Waals surface area contributed by atoms with Crippen molar-refractivity contribution in [2.75, 3.05) is 7.11 Å². The molecule has 1 aromatic rings. The predicted octanol–water partition coefficient (Wildman–Crippen LogP) is 0.661. The van der Waals surface area contributed by atoms with Crippen LogP contribution in [0.15, 0.2) is 18.3 Å². The zero-order valence-corrected chi connectivity index (χ0v) is 6.74. The Hall–Kier alpha value is -1.76. The first-order valence-corrected chi connectivity index (χ1v) is 3.47. The van der Waals surface area contributed by atoms with Gasteiger partial charge >= 0.3 is 0 Å². The maximum atomic E-state index is 8.25. The Morgan fingerprint density at radius 2 is 2.58 bits per heavy atom. The van der Waals surface area contributed by atoms with Crippen LogP contribution in [0.3, 0.4) is 0 Å². The average Bonchev–Trinajstić information content (AvgIpc) is 2.15. The first kappa shape index (κ1) is 8.34. The van der Waals surface area contributed by atoms with Crippen LogP contribution < -0.4 is 10.1 Å². The van der Waals surface area contributed by atoms with Crippen LogP contribution >= 0.6 is 0 Å². The Kier molecular flexibility index (Phi) is 2.91. The number of ether oxygens (including phenoxy) is 1. The number of nitriles is 1. The highest BCUT2D eigenvalue weighted by atomic mass is 16.5. The number of rotatable bonds is 3. The molecule has 62 valence electrons. The van der Waals surface area contributed by atoms with Gasteiger partial charge in [-0.2, -0.15) is 5.26 Å². The van der Waals surface area contributed by atoms with E-state index in [0.717, 1.165) is 5.56 Å². The highest BCUT2D eigenvalue weighted by Crippen LogP contribution is 2.07. The maximum absolute atomic E-state index is 8.25. The fourth-order valence-electron chi connectivity index (χ4n) is 0.814. The van der Waals surface area contributed by atoms with Crippen molar-refractivity contribution >= 4 is 0 Å². The minimum atomic E-state index is 0.509. The summed E-state index contributed by atoms with van der Waals surface area (Å²) in [4.78, 5) is 3.93. The molecular formula is C8H9N3O. The average molecular weight is 163 g/mol. The molecule has 0 radical (unpaired) electrons. The molecule has 0 aliphatic heterocycles. The number of nitrogens with zero attached hydrogens (tertiary/aromatic N) is 2. The summed E-state index contributed by atoms with van der Waals surface area (Å²) in [5, 5.41) is 10.8. The highest BCUT2D eigenvalue weighted by molar-refractivity contribution is 5.20. The lowest BCUT2D eigenvalue weighted by Gasteiger charge is -2.00. The molecule has 0 aliphatic carbocycles. The molecule has 0 atom stereocenters. The van der Waals surface area contributed by atoms with Gasteiger partial charge in [-0.05, 0) is 11.6 Å². The van der Waals surface area contributed by atoms with E-state index in [1.54, 1.807) is 19.4 Å². The molecule has 0 saturated carbocycles. The van der Waals surface area contributed by atoms with E-state index in [-0.39, 0.29) is 0 Å². The zero-order chi connectivity index (χ0) is 8.81. The van der Waals surface area contributed by atoms with Gasteiger partial charge in [0.15, 0.2) is 6.19 Å². The van der Waals surface area contributed by atoms with Crippen LogP contribution in [0.2, 0.25) is 0 Å². The smallest absolute Gasteiger partial charge is 0.213 e. The van der Waals surface area contributed by atoms with Gasteiger partial charge in [-0.25, -0.2) is 4.98 Å². The summed E-state index contributed by atoms with van der Waals surface area (Å²) in [7, 11) is 1.56. The quantitative estimate of drug-likeness (QED) is 0.525. The number of methoxy groups -OCH3 is 1. The molecule has 1 aromatic heterocycles. The summed E-state index contributed by atoms with van der Waals surface area (Å²) in [6, 6.07) is 3.61. The van der Waals surface area contributed by atoms with E-state index in [9.17, 15) is 0 Å². The van der Waals surface area contributed by atoms with Gasteiger partial charge in [-0.1, -0.05) is 0 Å². The third-order valence-electron chi connectivity index (χ3n) is 1.38. The standard InChI is InChI=1S/C8H9N3O/c1-12-8-4-7(2-3-11-8)5-10-6-9/h2-4,10H,5H2,1H3. The first-order valence-electron chi connectivity index (χ1n) is 3.47. The van der Waals surface area contributed by atoms with Crippen molar-refractivity contribution in [1.82, 2.24) is 10.3 Å². The molecule has 1 rings (SSSR count). The zero-order valence-electron chi connectivity index (χ0n) is 6.74. The summed E-state index contributed by atoms with van der Waals surface area (Å²) in [6.07, 6.45) is 3.49. The Morgan fingerprint density at radius 3 is 3.25 bits per heavy atom. The number of aromatic nitrogens is 1. The Morgan fingerprint density at radius 1 is 1.75 bits per heavy atom. The van der Waals surface area contributed by atoms with Crippen molar-refractivity contribution in [3.8, 4) is 12.1 Å². The van der Waals surface area contributed by atoms with Gasteiger partial charge in [0.2, 0.25) is 5.88 Å². The molecule has 0 bridgehead atoms. The molecule has 0 amide bonds. The lowest BCUT2D eigenvalue weighted by atomic mass is 10.3. The normalized spacial score (nSPS) is 8.67. The molecule has 0 spiro atoms. The molecule has 0 saturated heterocycles. The van der Waals surface area contributed by atoms with Crippen molar-refractivity contribution in [3.63, 3.8) is 0 Å². The van der Waals surface area contributed by atoms with E-state index in [2.05, 4.69) is 10.3 Å². The Labute approximate surface area is 70.8 Å². The summed E-state index contributed by atoms with van der Waals surface area (Å²) in [5.41, 5.74) is 0.975. The van der Waals surface area contributed by atoms with E-state index in [1.807, 2.05) is 12.3 Å². The lowest BCUT2D eigenvalue weighted by Crippen LogP contribution is -2.04. The van der Waals surface area contributed by atoms with Crippen molar-refractivity contribution < 1.29 is 4.74 Å². The highest BCUT2D eigenvalue weighted by Gasteiger charge is 1.94. The van der Waals surface area contributed by atoms with Crippen molar-refractivity contribution in [1.29, 1.82) is 5.26 Å². The second-order valence-corrected chi connectivity index (χ2v) is 2.17. The van der Waals surface area contributed by atoms with Gasteiger partial charge in [0.05, 0.1) is 13.7 Å². The summed E-state index contributed by atoms with van der Waals surface area (Å²) in [5.74, 6) is 0.562. The Bertz CT molecular complexity index is 293. The van der Waals surface area contributed by atoms with Crippen molar-refractivity contribution in [3.05, 3.63) is 23.9 Å². The van der Waals surface area contributed by atoms with E-state index < -0.39 is 0 Å². The van der Waals surface area contributed by atoms with Gasteiger partial charge in [-0.15, -0.1) is 0 Å². The maximum Gasteiger partial charge on any atom is 0.213 e. The van der Waals surface area contributed by atoms with Gasteiger partial charge in [0, 0.05) is 12.3 Å². The number of pyridine rings is 1. The second kappa shape index (κ2) is 4.19. The van der Waals surface area contributed by atoms with Gasteiger partial charge in [0.1, 0.15) is 0 Å². The summed E-state index contributed by atoms with van der Waals surface area (Å²) in [6.45, 7) is 0.509. The molecule has 0 aliphatic rings. The molecule has 0 aromatic carbocycles. The number of hydrogen-bond acceptors (Lipinski definition) is 4. The number of nitrogens with one attached hydrogen (secondary N) is 1. The summed E-state index contributed by atoms with van der Waals surface area (Å²) >= 11 is 0. The van der Waals surface area contributed by atoms with Gasteiger partial charge in [-0.3, -0.25) is 0 Å². The van der Waals surface area contributed by atoms with Crippen LogP contribution in [0.4, 0.5) is 0 Å². The van der Waals surface area contributed by atoms with Gasteiger partial charge in [0.25, 0.3) is 0 Å². The predicted molar refractivity (Wildman–Crippen MR) is 43.2 cm³/mol. The first-order chi connectivity index (χ1) is 5.86. The lowest BCUT2D eigenvalue weighted by molar-refractivity contribution is 0.397. The third-order valence-corrected chi connectivity index (χ3v) is 1.38. The molecular weight excluding hydrogens is 154 g/mol. The fourth-order valence-corrected chi connectivity index (χ4v) is 0.814. The largest absolute Gasteiger partial charge is 0.481 e. The van der Waals surface area contributed by atoms with Crippen LogP contribution in [0, 0.1) is 11.5 Å². The number of hydrogen-bond donors (Lipinski definition) is 1. The van der Waals surface area contributed by atoms with Crippen LogP contribution in [-0.4, -0.2) is 12.1 Å². The van der Waals surface area contributed by atoms with E-state index in [4.69, 9.17) is 10.00 Å². The third kappa shape index (κ3) is 2.13. The fraction of sp³-hybridized carbons (Fsp3) is 0.250. The van der Waals surface area contributed by atoms with Crippen LogP contribution in [0.1, 0.15) is 5.56 Å². The topological polar surface area (TPSA) is 57.9 Å². The minimum absolute atomic E-state index is 0.509. The molecule has 12 heavy (non-hydrogen) atoms. The Balaban J connectivity index is 2.67. The SMILES string of the molecule is COc1cc(CNC#N)ccn1. The van der Waals surface area contributed by atoms with E-state index >= 15 is 0 Å². The molecule has 1 heterocycles. The van der Waals surface area contributed by atoms with E-state index in [1.165, 1.54) is 0 Å². The van der Waals surface area contributed by atoms with Crippen LogP contribution in [-0.2, 0) is 6.54 Å².